The Bertz CT molecular complexity index is 574. The quantitative estimate of drug-likeness (QED) is 0.801. The maximum Gasteiger partial charge on any atom is 0.127 e. The number of nitrogens with one attached hydrogen (secondary N) is 1. The maximum atomic E-state index is 6.11. The Hall–Kier alpha value is -1.32. The molecule has 1 heterocycles. The van der Waals surface area contributed by atoms with E-state index < -0.39 is 0 Å². The number of rotatable bonds is 7. The second kappa shape index (κ2) is 7.62. The van der Waals surface area contributed by atoms with E-state index >= 15 is 0 Å². The van der Waals surface area contributed by atoms with Crippen LogP contribution in [-0.4, -0.2) is 6.04 Å². The normalized spacial score (nSPS) is 11.1. The predicted molar refractivity (Wildman–Crippen MR) is 91.2 cm³/mol. The Balaban J connectivity index is 2.07. The SMILES string of the molecule is CCc1ccc(COc2c(C)cccc2CNC(C)C)s1. The molecule has 0 amide bonds. The third-order valence-corrected chi connectivity index (χ3v) is 4.62. The van der Waals surface area contributed by atoms with E-state index in [4.69, 9.17) is 4.74 Å². The van der Waals surface area contributed by atoms with E-state index in [0.717, 1.165) is 18.7 Å². The third-order valence-electron chi connectivity index (χ3n) is 3.42. The molecule has 2 nitrogen and oxygen atoms in total. The summed E-state index contributed by atoms with van der Waals surface area (Å²) < 4.78 is 6.11. The van der Waals surface area contributed by atoms with Crippen molar-refractivity contribution in [1.29, 1.82) is 0 Å². The first kappa shape index (κ1) is 16.1. The smallest absolute Gasteiger partial charge is 0.127 e. The molecule has 0 fully saturated rings. The van der Waals surface area contributed by atoms with Gasteiger partial charge in [0.15, 0.2) is 0 Å². The monoisotopic (exact) mass is 303 g/mol. The summed E-state index contributed by atoms with van der Waals surface area (Å²) in [7, 11) is 0. The maximum absolute atomic E-state index is 6.11. The average Bonchev–Trinajstić information content (AvgIpc) is 2.92. The summed E-state index contributed by atoms with van der Waals surface area (Å²) >= 11 is 1.84. The molecule has 114 valence electrons. The van der Waals surface area contributed by atoms with Gasteiger partial charge in [-0.2, -0.15) is 0 Å². The highest BCUT2D eigenvalue weighted by Crippen LogP contribution is 2.26. The van der Waals surface area contributed by atoms with Crippen molar-refractivity contribution in [2.75, 3.05) is 0 Å². The van der Waals surface area contributed by atoms with Gasteiger partial charge in [-0.1, -0.05) is 39.0 Å². The molecule has 1 aromatic heterocycles. The van der Waals surface area contributed by atoms with Crippen LogP contribution in [0.15, 0.2) is 30.3 Å². The van der Waals surface area contributed by atoms with E-state index in [1.54, 1.807) is 0 Å². The van der Waals surface area contributed by atoms with Crippen molar-refractivity contribution in [3.63, 3.8) is 0 Å². The van der Waals surface area contributed by atoms with Gasteiger partial charge in [0.2, 0.25) is 0 Å². The summed E-state index contributed by atoms with van der Waals surface area (Å²) in [6.07, 6.45) is 1.10. The molecule has 2 aromatic rings. The third kappa shape index (κ3) is 4.58. The Morgan fingerprint density at radius 1 is 1.14 bits per heavy atom. The molecular weight excluding hydrogens is 278 g/mol. The molecule has 3 heteroatoms. The molecule has 1 N–H and O–H groups in total. The van der Waals surface area contributed by atoms with Crippen molar-refractivity contribution in [3.8, 4) is 5.75 Å². The van der Waals surface area contributed by atoms with Gasteiger partial charge in [0.25, 0.3) is 0 Å². The standard InChI is InChI=1S/C18H25NOS/c1-5-16-9-10-17(21-16)12-20-18-14(4)7-6-8-15(18)11-19-13(2)3/h6-10,13,19H,5,11-12H2,1-4H3. The highest BCUT2D eigenvalue weighted by Gasteiger charge is 2.08. The zero-order valence-corrected chi connectivity index (χ0v) is 14.2. The summed E-state index contributed by atoms with van der Waals surface area (Å²) in [5, 5.41) is 3.46. The lowest BCUT2D eigenvalue weighted by atomic mass is 10.1. The summed E-state index contributed by atoms with van der Waals surface area (Å²) in [4.78, 5) is 2.71. The van der Waals surface area contributed by atoms with Crippen molar-refractivity contribution < 1.29 is 4.74 Å². The number of ether oxygens (including phenoxy) is 1. The molecular formula is C18H25NOS. The molecule has 0 aliphatic heterocycles. The van der Waals surface area contributed by atoms with E-state index in [0.29, 0.717) is 12.6 Å². The van der Waals surface area contributed by atoms with Crippen molar-refractivity contribution in [1.82, 2.24) is 5.32 Å². The van der Waals surface area contributed by atoms with Gasteiger partial charge in [0, 0.05) is 27.9 Å². The second-order valence-electron chi connectivity index (χ2n) is 5.61. The van der Waals surface area contributed by atoms with E-state index in [9.17, 15) is 0 Å². The predicted octanol–water partition coefficient (Wildman–Crippen LogP) is 4.70. The van der Waals surface area contributed by atoms with Crippen LogP contribution in [0.1, 0.15) is 41.7 Å². The van der Waals surface area contributed by atoms with E-state index in [1.165, 1.54) is 20.9 Å². The Morgan fingerprint density at radius 3 is 2.57 bits per heavy atom. The van der Waals surface area contributed by atoms with E-state index in [-0.39, 0.29) is 0 Å². The first-order valence-corrected chi connectivity index (χ1v) is 8.44. The summed E-state index contributed by atoms with van der Waals surface area (Å²) in [6.45, 7) is 10.1. The summed E-state index contributed by atoms with van der Waals surface area (Å²) in [5.41, 5.74) is 2.43. The molecule has 0 aliphatic rings. The molecule has 21 heavy (non-hydrogen) atoms. The minimum atomic E-state index is 0.475. The van der Waals surface area contributed by atoms with Crippen LogP contribution in [0.5, 0.6) is 5.75 Å². The zero-order chi connectivity index (χ0) is 15.2. The highest BCUT2D eigenvalue weighted by molar-refractivity contribution is 7.11. The Labute approximate surface area is 132 Å². The molecule has 0 atom stereocenters. The summed E-state index contributed by atoms with van der Waals surface area (Å²) in [5.74, 6) is 1.03. The van der Waals surface area contributed by atoms with Gasteiger partial charge in [-0.15, -0.1) is 11.3 Å². The average molecular weight is 303 g/mol. The lowest BCUT2D eigenvalue weighted by Gasteiger charge is -2.15. The van der Waals surface area contributed by atoms with Crippen molar-refractivity contribution >= 4 is 11.3 Å². The van der Waals surface area contributed by atoms with Crippen molar-refractivity contribution in [2.24, 2.45) is 0 Å². The number of thiophene rings is 1. The molecule has 0 saturated heterocycles. The largest absolute Gasteiger partial charge is 0.487 e. The van der Waals surface area contributed by atoms with Gasteiger partial charge in [-0.3, -0.25) is 0 Å². The topological polar surface area (TPSA) is 21.3 Å². The van der Waals surface area contributed by atoms with Gasteiger partial charge in [0.05, 0.1) is 0 Å². The van der Waals surface area contributed by atoms with Gasteiger partial charge in [-0.25, -0.2) is 0 Å². The van der Waals surface area contributed by atoms with Crippen LogP contribution in [0, 0.1) is 6.92 Å². The fraction of sp³-hybridized carbons (Fsp3) is 0.444. The van der Waals surface area contributed by atoms with Crippen molar-refractivity contribution in [2.45, 2.75) is 53.3 Å². The molecule has 0 bridgehead atoms. The van der Waals surface area contributed by atoms with Crippen LogP contribution >= 0.6 is 11.3 Å². The highest BCUT2D eigenvalue weighted by atomic mass is 32.1. The minimum absolute atomic E-state index is 0.475. The van der Waals surface area contributed by atoms with Gasteiger partial charge in [0.1, 0.15) is 12.4 Å². The van der Waals surface area contributed by atoms with Gasteiger partial charge < -0.3 is 10.1 Å². The molecule has 0 unspecified atom stereocenters. The number of para-hydroxylation sites is 1. The van der Waals surface area contributed by atoms with Gasteiger partial charge >= 0.3 is 0 Å². The van der Waals surface area contributed by atoms with Gasteiger partial charge in [-0.05, 0) is 31.0 Å². The number of aryl methyl sites for hydroxylation is 2. The molecule has 2 rings (SSSR count). The van der Waals surface area contributed by atoms with Crippen LogP contribution in [0.3, 0.4) is 0 Å². The lowest BCUT2D eigenvalue weighted by molar-refractivity contribution is 0.303. The van der Waals surface area contributed by atoms with Crippen LogP contribution < -0.4 is 10.1 Å². The number of benzene rings is 1. The Morgan fingerprint density at radius 2 is 1.90 bits per heavy atom. The minimum Gasteiger partial charge on any atom is -0.487 e. The molecule has 0 radical (unpaired) electrons. The first-order chi connectivity index (χ1) is 10.1. The van der Waals surface area contributed by atoms with Crippen molar-refractivity contribution in [3.05, 3.63) is 51.2 Å². The van der Waals surface area contributed by atoms with Crippen LogP contribution in [0.4, 0.5) is 0 Å². The van der Waals surface area contributed by atoms with E-state index in [1.807, 2.05) is 11.3 Å². The van der Waals surface area contributed by atoms with Crippen LogP contribution in [0.2, 0.25) is 0 Å². The summed E-state index contributed by atoms with van der Waals surface area (Å²) in [6, 6.07) is 11.2. The van der Waals surface area contributed by atoms with Crippen LogP contribution in [-0.2, 0) is 19.6 Å². The number of hydrogen-bond donors (Lipinski definition) is 1. The molecule has 1 aromatic carbocycles. The second-order valence-corrected chi connectivity index (χ2v) is 6.86. The lowest BCUT2D eigenvalue weighted by Crippen LogP contribution is -2.22. The van der Waals surface area contributed by atoms with E-state index in [2.05, 4.69) is 63.3 Å². The molecule has 0 spiro atoms. The Kier molecular flexibility index (Phi) is 5.83. The molecule has 0 aliphatic carbocycles. The van der Waals surface area contributed by atoms with Crippen LogP contribution in [0.25, 0.3) is 0 Å². The fourth-order valence-electron chi connectivity index (χ4n) is 2.21. The fourth-order valence-corrected chi connectivity index (χ4v) is 3.08. The first-order valence-electron chi connectivity index (χ1n) is 7.62. The zero-order valence-electron chi connectivity index (χ0n) is 13.4. The number of hydrogen-bond acceptors (Lipinski definition) is 3. The molecule has 0 saturated carbocycles.